The van der Waals surface area contributed by atoms with Crippen LogP contribution in [0.25, 0.3) is 22.3 Å². The Morgan fingerprint density at radius 2 is 2.03 bits per heavy atom. The zero-order valence-electron chi connectivity index (χ0n) is 19.6. The molecule has 1 aliphatic heterocycles. The van der Waals surface area contributed by atoms with E-state index in [2.05, 4.69) is 65.6 Å². The van der Waals surface area contributed by atoms with Gasteiger partial charge >= 0.3 is 0 Å². The van der Waals surface area contributed by atoms with Gasteiger partial charge in [0.25, 0.3) is 0 Å². The van der Waals surface area contributed by atoms with Gasteiger partial charge in [-0.25, -0.2) is 4.98 Å². The van der Waals surface area contributed by atoms with Crippen LogP contribution in [0.1, 0.15) is 45.4 Å². The molecule has 0 atom stereocenters. The fraction of sp³-hybridized carbons (Fsp3) is 0.286. The molecular formula is C28H32N4O. The molecular weight excluding hydrogens is 408 g/mol. The number of unbranched alkanes of at least 4 members (excludes halogenated alkanes) is 1. The molecule has 0 unspecified atom stereocenters. The molecule has 0 saturated heterocycles. The van der Waals surface area contributed by atoms with Crippen LogP contribution < -0.4 is 4.74 Å². The van der Waals surface area contributed by atoms with Gasteiger partial charge in [0.15, 0.2) is 0 Å². The average molecular weight is 441 g/mol. The molecule has 5 heteroatoms. The van der Waals surface area contributed by atoms with Crippen molar-refractivity contribution < 1.29 is 4.74 Å². The number of hydrogen-bond donors (Lipinski definition) is 0. The molecule has 3 aromatic rings. The normalized spacial score (nSPS) is 14.3. The number of rotatable bonds is 9. The molecule has 3 heterocycles. The topological polar surface area (TPSA) is 42.7 Å². The zero-order valence-corrected chi connectivity index (χ0v) is 19.6. The van der Waals surface area contributed by atoms with Crippen molar-refractivity contribution in [1.82, 2.24) is 19.3 Å². The van der Waals surface area contributed by atoms with Crippen molar-refractivity contribution in [2.45, 2.75) is 39.5 Å². The van der Waals surface area contributed by atoms with Crippen LogP contribution in [0.15, 0.2) is 85.7 Å². The fourth-order valence-electron chi connectivity index (χ4n) is 4.05. The first-order valence-electron chi connectivity index (χ1n) is 11.7. The quantitative estimate of drug-likeness (QED) is 0.276. The molecule has 1 aliphatic rings. The SMILES string of the molecule is C=C/C(=C\CCC)Oc1ccc(-c2nc(C3=CCCN(C(=C)CC)C3)n3ccncc23)cc1. The molecule has 5 nitrogen and oxygen atoms in total. The largest absolute Gasteiger partial charge is 0.458 e. The molecule has 1 aromatic carbocycles. The van der Waals surface area contributed by atoms with Gasteiger partial charge < -0.3 is 9.64 Å². The second-order valence-corrected chi connectivity index (χ2v) is 8.20. The Labute approximate surface area is 196 Å². The van der Waals surface area contributed by atoms with E-state index in [1.165, 1.54) is 11.3 Å². The van der Waals surface area contributed by atoms with Crippen molar-refractivity contribution in [3.63, 3.8) is 0 Å². The summed E-state index contributed by atoms with van der Waals surface area (Å²) in [4.78, 5) is 11.8. The number of aromatic nitrogens is 3. The Bertz CT molecular complexity index is 1200. The van der Waals surface area contributed by atoms with Gasteiger partial charge in [-0.15, -0.1) is 0 Å². The Morgan fingerprint density at radius 1 is 1.21 bits per heavy atom. The molecule has 4 rings (SSSR count). The van der Waals surface area contributed by atoms with E-state index in [1.807, 2.05) is 30.7 Å². The van der Waals surface area contributed by atoms with E-state index in [0.717, 1.165) is 72.9 Å². The lowest BCUT2D eigenvalue weighted by molar-refractivity contribution is 0.372. The summed E-state index contributed by atoms with van der Waals surface area (Å²) in [7, 11) is 0. The van der Waals surface area contributed by atoms with Crippen LogP contribution in [0.4, 0.5) is 0 Å². The number of benzene rings is 1. The van der Waals surface area contributed by atoms with E-state index in [1.54, 1.807) is 6.08 Å². The van der Waals surface area contributed by atoms with E-state index < -0.39 is 0 Å². The van der Waals surface area contributed by atoms with Crippen molar-refractivity contribution in [3.05, 3.63) is 91.5 Å². The lowest BCUT2D eigenvalue weighted by Crippen LogP contribution is -2.28. The summed E-state index contributed by atoms with van der Waals surface area (Å²) in [6, 6.07) is 8.06. The van der Waals surface area contributed by atoms with Crippen LogP contribution >= 0.6 is 0 Å². The highest BCUT2D eigenvalue weighted by molar-refractivity contribution is 5.81. The van der Waals surface area contributed by atoms with Gasteiger partial charge in [0.2, 0.25) is 0 Å². The minimum Gasteiger partial charge on any atom is -0.458 e. The second-order valence-electron chi connectivity index (χ2n) is 8.20. The van der Waals surface area contributed by atoms with E-state index in [0.29, 0.717) is 0 Å². The van der Waals surface area contributed by atoms with Crippen LogP contribution in [0, 0.1) is 0 Å². The first kappa shape index (κ1) is 22.6. The standard InChI is InChI=1S/C28H32N4O/c1-5-8-11-24(7-3)33-25-14-12-22(13-15-25)27-26-19-29-16-18-32(26)28(30-27)23-10-9-17-31(20-23)21(4)6-2/h7,10-16,18-19H,3-6,8-9,17,20H2,1-2H3/b24-11+. The third-order valence-electron chi connectivity index (χ3n) is 5.94. The summed E-state index contributed by atoms with van der Waals surface area (Å²) in [6.45, 7) is 14.2. The van der Waals surface area contributed by atoms with E-state index in [4.69, 9.17) is 9.72 Å². The maximum Gasteiger partial charge on any atom is 0.142 e. The van der Waals surface area contributed by atoms with Gasteiger partial charge in [0, 0.05) is 42.3 Å². The van der Waals surface area contributed by atoms with Crippen LogP contribution in [-0.2, 0) is 0 Å². The predicted octanol–water partition coefficient (Wildman–Crippen LogP) is 6.66. The van der Waals surface area contributed by atoms with Gasteiger partial charge in [-0.3, -0.25) is 9.38 Å². The molecule has 0 aliphatic carbocycles. The van der Waals surface area contributed by atoms with E-state index in [9.17, 15) is 0 Å². The van der Waals surface area contributed by atoms with E-state index >= 15 is 0 Å². The minimum atomic E-state index is 0.783. The molecule has 170 valence electrons. The number of imidazole rings is 1. The first-order chi connectivity index (χ1) is 16.1. The van der Waals surface area contributed by atoms with Gasteiger partial charge in [-0.1, -0.05) is 39.5 Å². The summed E-state index contributed by atoms with van der Waals surface area (Å²) in [5.41, 5.74) is 5.33. The maximum absolute atomic E-state index is 5.97. The van der Waals surface area contributed by atoms with Crippen LogP contribution in [-0.4, -0.2) is 32.4 Å². The number of ether oxygens (including phenoxy) is 1. The monoisotopic (exact) mass is 440 g/mol. The van der Waals surface area contributed by atoms with Crippen LogP contribution in [0.5, 0.6) is 5.75 Å². The van der Waals surface area contributed by atoms with Crippen molar-refractivity contribution in [3.8, 4) is 17.0 Å². The highest BCUT2D eigenvalue weighted by Gasteiger charge is 2.20. The number of fused-ring (bicyclic) bond motifs is 1. The van der Waals surface area contributed by atoms with Gasteiger partial charge in [-0.05, 0) is 55.7 Å². The summed E-state index contributed by atoms with van der Waals surface area (Å²) in [5, 5.41) is 0. The molecule has 2 aromatic heterocycles. The van der Waals surface area contributed by atoms with Gasteiger partial charge in [0.1, 0.15) is 17.3 Å². The molecule has 0 fully saturated rings. The Balaban J connectivity index is 1.65. The average Bonchev–Trinajstić information content (AvgIpc) is 3.26. The molecule has 0 spiro atoms. The van der Waals surface area contributed by atoms with Crippen molar-refractivity contribution >= 4 is 11.1 Å². The predicted molar refractivity (Wildman–Crippen MR) is 136 cm³/mol. The summed E-state index contributed by atoms with van der Waals surface area (Å²) >= 11 is 0. The van der Waals surface area contributed by atoms with Crippen LogP contribution in [0.2, 0.25) is 0 Å². The molecule has 0 N–H and O–H groups in total. The summed E-state index contributed by atoms with van der Waals surface area (Å²) in [6.07, 6.45) is 15.8. The molecule has 0 radical (unpaired) electrons. The number of nitrogens with zero attached hydrogens (tertiary/aromatic N) is 4. The third kappa shape index (κ3) is 4.92. The molecule has 0 bridgehead atoms. The highest BCUT2D eigenvalue weighted by Crippen LogP contribution is 2.31. The fourth-order valence-corrected chi connectivity index (χ4v) is 4.05. The highest BCUT2D eigenvalue weighted by atomic mass is 16.5. The van der Waals surface area contributed by atoms with Gasteiger partial charge in [-0.2, -0.15) is 0 Å². The van der Waals surface area contributed by atoms with Gasteiger partial charge in [0.05, 0.1) is 17.4 Å². The maximum atomic E-state index is 5.97. The molecule has 0 saturated carbocycles. The summed E-state index contributed by atoms with van der Waals surface area (Å²) in [5.74, 6) is 2.53. The van der Waals surface area contributed by atoms with Crippen molar-refractivity contribution in [1.29, 1.82) is 0 Å². The first-order valence-corrected chi connectivity index (χ1v) is 11.7. The third-order valence-corrected chi connectivity index (χ3v) is 5.94. The lowest BCUT2D eigenvalue weighted by atomic mass is 10.1. The Kier molecular flexibility index (Phi) is 7.08. The number of allylic oxidation sites excluding steroid dienone is 3. The smallest absolute Gasteiger partial charge is 0.142 e. The Hall–Kier alpha value is -3.60. The molecule has 0 amide bonds. The lowest BCUT2D eigenvalue weighted by Gasteiger charge is -2.30. The van der Waals surface area contributed by atoms with Crippen molar-refractivity contribution in [2.24, 2.45) is 0 Å². The van der Waals surface area contributed by atoms with E-state index in [-0.39, 0.29) is 0 Å². The zero-order chi connectivity index (χ0) is 23.2. The molecule has 33 heavy (non-hydrogen) atoms. The summed E-state index contributed by atoms with van der Waals surface area (Å²) < 4.78 is 8.11. The second kappa shape index (κ2) is 10.3. The van der Waals surface area contributed by atoms with Crippen LogP contribution in [0.3, 0.4) is 0 Å². The Morgan fingerprint density at radius 3 is 2.76 bits per heavy atom. The minimum absolute atomic E-state index is 0.783. The van der Waals surface area contributed by atoms with Crippen molar-refractivity contribution in [2.75, 3.05) is 13.1 Å². The number of hydrogen-bond acceptors (Lipinski definition) is 4.